The summed E-state index contributed by atoms with van der Waals surface area (Å²) in [6, 6.07) is 5.55. The maximum absolute atomic E-state index is 13.3. The highest BCUT2D eigenvalue weighted by molar-refractivity contribution is 7.99. The minimum absolute atomic E-state index is 0.00166. The topological polar surface area (TPSA) is 54.9 Å². The van der Waals surface area contributed by atoms with Crippen molar-refractivity contribution in [3.05, 3.63) is 46.3 Å². The van der Waals surface area contributed by atoms with Crippen molar-refractivity contribution in [2.24, 2.45) is 0 Å². The molecule has 1 heterocycles. The predicted octanol–water partition coefficient (Wildman–Crippen LogP) is 4.72. The SMILES string of the molecule is Cc1ccc(NC(=O)CSc2nc3c(c(C(F)(F)F)n2)CCCC3)cc1C. The summed E-state index contributed by atoms with van der Waals surface area (Å²) in [5.74, 6) is -0.360. The fourth-order valence-electron chi connectivity index (χ4n) is 3.02. The molecule has 8 heteroatoms. The molecule has 0 atom stereocenters. The number of aromatic nitrogens is 2. The van der Waals surface area contributed by atoms with Gasteiger partial charge >= 0.3 is 6.18 Å². The van der Waals surface area contributed by atoms with Crippen LogP contribution in [-0.2, 0) is 23.8 Å². The minimum Gasteiger partial charge on any atom is -0.325 e. The van der Waals surface area contributed by atoms with Gasteiger partial charge in [-0.2, -0.15) is 13.2 Å². The monoisotopic (exact) mass is 395 g/mol. The lowest BCUT2D eigenvalue weighted by molar-refractivity contribution is -0.142. The Balaban J connectivity index is 1.71. The van der Waals surface area contributed by atoms with Crippen LogP contribution in [0.3, 0.4) is 0 Å². The molecule has 0 radical (unpaired) electrons. The quantitative estimate of drug-likeness (QED) is 0.601. The summed E-state index contributed by atoms with van der Waals surface area (Å²) in [4.78, 5) is 20.1. The summed E-state index contributed by atoms with van der Waals surface area (Å²) in [5.41, 5.74) is 2.63. The van der Waals surface area contributed by atoms with Crippen molar-refractivity contribution in [1.29, 1.82) is 0 Å². The molecule has 0 spiro atoms. The summed E-state index contributed by atoms with van der Waals surface area (Å²) in [5, 5.41) is 2.75. The number of fused-ring (bicyclic) bond motifs is 1. The Morgan fingerprint density at radius 1 is 1.15 bits per heavy atom. The van der Waals surface area contributed by atoms with Gasteiger partial charge in [-0.1, -0.05) is 17.8 Å². The van der Waals surface area contributed by atoms with E-state index in [0.29, 0.717) is 30.6 Å². The molecule has 0 fully saturated rings. The first-order valence-electron chi connectivity index (χ1n) is 8.71. The van der Waals surface area contributed by atoms with E-state index in [0.717, 1.165) is 29.3 Å². The number of carbonyl (C=O) groups is 1. The van der Waals surface area contributed by atoms with Gasteiger partial charge in [-0.3, -0.25) is 4.79 Å². The van der Waals surface area contributed by atoms with E-state index in [4.69, 9.17) is 0 Å². The zero-order chi connectivity index (χ0) is 19.6. The van der Waals surface area contributed by atoms with Crippen LogP contribution in [0.15, 0.2) is 23.4 Å². The maximum Gasteiger partial charge on any atom is 0.433 e. The Morgan fingerprint density at radius 2 is 1.89 bits per heavy atom. The Labute approximate surface area is 160 Å². The summed E-state index contributed by atoms with van der Waals surface area (Å²) in [6.45, 7) is 3.92. The van der Waals surface area contributed by atoms with E-state index in [9.17, 15) is 18.0 Å². The summed E-state index contributed by atoms with van der Waals surface area (Å²) in [6.07, 6.45) is -2.12. The fraction of sp³-hybridized carbons (Fsp3) is 0.421. The minimum atomic E-state index is -4.51. The van der Waals surface area contributed by atoms with Gasteiger partial charge in [-0.15, -0.1) is 0 Å². The second kappa shape index (κ2) is 7.88. The van der Waals surface area contributed by atoms with Gasteiger partial charge in [0.2, 0.25) is 5.91 Å². The molecule has 0 saturated carbocycles. The van der Waals surface area contributed by atoms with Crippen molar-refractivity contribution < 1.29 is 18.0 Å². The van der Waals surface area contributed by atoms with E-state index in [1.165, 1.54) is 0 Å². The normalized spacial score (nSPS) is 14.0. The number of rotatable bonds is 4. The van der Waals surface area contributed by atoms with Crippen molar-refractivity contribution in [2.45, 2.75) is 50.9 Å². The number of thioether (sulfide) groups is 1. The molecule has 0 saturated heterocycles. The second-order valence-electron chi connectivity index (χ2n) is 6.62. The Kier molecular flexibility index (Phi) is 5.74. The van der Waals surface area contributed by atoms with Crippen LogP contribution in [0.2, 0.25) is 0 Å². The van der Waals surface area contributed by atoms with Crippen LogP contribution < -0.4 is 5.32 Å². The van der Waals surface area contributed by atoms with Crippen LogP contribution in [0, 0.1) is 13.8 Å². The lowest BCUT2D eigenvalue weighted by Crippen LogP contribution is -2.20. The number of hydrogen-bond acceptors (Lipinski definition) is 4. The van der Waals surface area contributed by atoms with Crippen molar-refractivity contribution in [2.75, 3.05) is 11.1 Å². The van der Waals surface area contributed by atoms with Gasteiger partial charge in [0, 0.05) is 16.9 Å². The predicted molar refractivity (Wildman–Crippen MR) is 98.9 cm³/mol. The van der Waals surface area contributed by atoms with Gasteiger partial charge < -0.3 is 5.32 Å². The molecule has 2 aromatic rings. The highest BCUT2D eigenvalue weighted by Gasteiger charge is 2.38. The van der Waals surface area contributed by atoms with E-state index in [1.807, 2.05) is 26.0 Å². The molecule has 4 nitrogen and oxygen atoms in total. The molecular formula is C19H20F3N3OS. The molecule has 1 aliphatic carbocycles. The molecule has 27 heavy (non-hydrogen) atoms. The second-order valence-corrected chi connectivity index (χ2v) is 7.56. The van der Waals surface area contributed by atoms with E-state index < -0.39 is 11.9 Å². The number of alkyl halides is 3. The van der Waals surface area contributed by atoms with Crippen LogP contribution in [0.5, 0.6) is 0 Å². The highest BCUT2D eigenvalue weighted by Crippen LogP contribution is 2.35. The highest BCUT2D eigenvalue weighted by atomic mass is 32.2. The Bertz CT molecular complexity index is 868. The van der Waals surface area contributed by atoms with Crippen LogP contribution in [0.25, 0.3) is 0 Å². The third-order valence-corrected chi connectivity index (χ3v) is 5.40. The van der Waals surface area contributed by atoms with Crippen molar-refractivity contribution in [3.8, 4) is 0 Å². The molecule has 1 N–H and O–H groups in total. The number of carbonyl (C=O) groups excluding carboxylic acids is 1. The smallest absolute Gasteiger partial charge is 0.325 e. The molecule has 144 valence electrons. The zero-order valence-electron chi connectivity index (χ0n) is 15.1. The number of anilines is 1. The molecule has 0 unspecified atom stereocenters. The largest absolute Gasteiger partial charge is 0.433 e. The van der Waals surface area contributed by atoms with Crippen molar-refractivity contribution >= 4 is 23.4 Å². The average molecular weight is 395 g/mol. The van der Waals surface area contributed by atoms with Crippen LogP contribution >= 0.6 is 11.8 Å². The third kappa shape index (κ3) is 4.80. The molecule has 0 bridgehead atoms. The Morgan fingerprint density at radius 3 is 2.59 bits per heavy atom. The van der Waals surface area contributed by atoms with Gasteiger partial charge in [0.15, 0.2) is 10.9 Å². The number of nitrogens with one attached hydrogen (secondary N) is 1. The molecule has 1 aromatic carbocycles. The zero-order valence-corrected chi connectivity index (χ0v) is 15.9. The van der Waals surface area contributed by atoms with E-state index >= 15 is 0 Å². The maximum atomic E-state index is 13.3. The van der Waals surface area contributed by atoms with Gasteiger partial charge in [0.05, 0.1) is 5.75 Å². The van der Waals surface area contributed by atoms with Gasteiger partial charge in [0.25, 0.3) is 0 Å². The number of halogens is 3. The average Bonchev–Trinajstić information content (AvgIpc) is 2.61. The van der Waals surface area contributed by atoms with Gasteiger partial charge in [-0.25, -0.2) is 9.97 Å². The Hall–Kier alpha value is -2.09. The van der Waals surface area contributed by atoms with Crippen LogP contribution in [-0.4, -0.2) is 21.6 Å². The molecule has 1 aromatic heterocycles. The number of benzene rings is 1. The first kappa shape index (κ1) is 19.7. The molecule has 0 aliphatic heterocycles. The number of aryl methyl sites for hydroxylation is 3. The first-order chi connectivity index (χ1) is 12.7. The van der Waals surface area contributed by atoms with Gasteiger partial charge in [0.1, 0.15) is 0 Å². The number of amides is 1. The summed E-state index contributed by atoms with van der Waals surface area (Å²) in [7, 11) is 0. The summed E-state index contributed by atoms with van der Waals surface area (Å²) >= 11 is 0.924. The summed E-state index contributed by atoms with van der Waals surface area (Å²) < 4.78 is 40.0. The molecule has 3 rings (SSSR count). The van der Waals surface area contributed by atoms with Crippen LogP contribution in [0.1, 0.15) is 40.9 Å². The fourth-order valence-corrected chi connectivity index (χ4v) is 3.68. The molecular weight excluding hydrogens is 375 g/mol. The number of hydrogen-bond donors (Lipinski definition) is 1. The first-order valence-corrected chi connectivity index (χ1v) is 9.69. The van der Waals surface area contributed by atoms with Gasteiger partial charge in [-0.05, 0) is 62.8 Å². The van der Waals surface area contributed by atoms with E-state index in [-0.39, 0.29) is 22.4 Å². The van der Waals surface area contributed by atoms with Crippen LogP contribution in [0.4, 0.5) is 18.9 Å². The van der Waals surface area contributed by atoms with E-state index in [2.05, 4.69) is 15.3 Å². The van der Waals surface area contributed by atoms with Crippen molar-refractivity contribution in [1.82, 2.24) is 9.97 Å². The standard InChI is InChI=1S/C19H20F3N3OS/c1-11-7-8-13(9-12(11)2)23-16(26)10-27-18-24-15-6-4-3-5-14(15)17(25-18)19(20,21)22/h7-9H,3-6,10H2,1-2H3,(H,23,26). The van der Waals surface area contributed by atoms with Crippen molar-refractivity contribution in [3.63, 3.8) is 0 Å². The third-order valence-electron chi connectivity index (χ3n) is 4.55. The van der Waals surface area contributed by atoms with E-state index in [1.54, 1.807) is 6.07 Å². The molecule has 1 amide bonds. The molecule has 1 aliphatic rings. The lowest BCUT2D eigenvalue weighted by atomic mass is 9.94. The lowest BCUT2D eigenvalue weighted by Gasteiger charge is -2.20. The number of nitrogens with zero attached hydrogens (tertiary/aromatic N) is 2.